The summed E-state index contributed by atoms with van der Waals surface area (Å²) < 4.78 is 21.8. The van der Waals surface area contributed by atoms with Gasteiger partial charge in [0.2, 0.25) is 11.3 Å². The first kappa shape index (κ1) is 24.4. The van der Waals surface area contributed by atoms with E-state index in [0.29, 0.717) is 5.56 Å². The van der Waals surface area contributed by atoms with Crippen molar-refractivity contribution >= 4 is 50.8 Å². The summed E-state index contributed by atoms with van der Waals surface area (Å²) in [5.74, 6) is -1.42. The standard InChI is InChI=1S/C27H18ClNO10/c1-36-23-10-4-3-9-15(21(33)17-12(19(9)31)7-14(38-8-30)29-27(17)35)16(10)22(34)18-20(32)11-5-6-13(28)25(37-2)24(11)39-26(18)23/h5-8,31,33-34H,3-4H2,1-2H3,(H,29,35). The molecule has 6 rings (SSSR count). The number of phenols is 3. The highest BCUT2D eigenvalue weighted by atomic mass is 35.5. The number of methoxy groups -OCH3 is 2. The second-order valence-corrected chi connectivity index (χ2v) is 9.25. The van der Waals surface area contributed by atoms with Crippen LogP contribution in [0.3, 0.4) is 0 Å². The summed E-state index contributed by atoms with van der Waals surface area (Å²) in [7, 11) is 2.73. The summed E-state index contributed by atoms with van der Waals surface area (Å²) >= 11 is 6.23. The zero-order valence-electron chi connectivity index (χ0n) is 20.3. The van der Waals surface area contributed by atoms with E-state index in [2.05, 4.69) is 4.98 Å². The first-order valence-electron chi connectivity index (χ1n) is 11.5. The molecule has 0 spiro atoms. The molecule has 0 saturated heterocycles. The number of benzene rings is 3. The van der Waals surface area contributed by atoms with E-state index in [1.807, 2.05) is 0 Å². The quantitative estimate of drug-likeness (QED) is 0.146. The Labute approximate surface area is 222 Å². The Bertz CT molecular complexity index is 2030. The SMILES string of the molecule is COc1c(Cl)ccc2c(=O)c3c(O)c4c(c(OC)c3oc12)CCc1c-4c(O)c2c(=O)[nH]c(OC=O)cc2c1O. The number of pyridine rings is 1. The van der Waals surface area contributed by atoms with Gasteiger partial charge in [-0.1, -0.05) is 11.6 Å². The van der Waals surface area contributed by atoms with E-state index >= 15 is 0 Å². The van der Waals surface area contributed by atoms with Crippen LogP contribution < -0.4 is 25.2 Å². The van der Waals surface area contributed by atoms with Crippen LogP contribution in [0.2, 0.25) is 5.02 Å². The van der Waals surface area contributed by atoms with Crippen molar-refractivity contribution in [1.82, 2.24) is 4.98 Å². The molecule has 3 aromatic carbocycles. The number of halogens is 1. The van der Waals surface area contributed by atoms with Gasteiger partial charge in [-0.2, -0.15) is 0 Å². The van der Waals surface area contributed by atoms with Gasteiger partial charge in [-0.25, -0.2) is 0 Å². The van der Waals surface area contributed by atoms with Gasteiger partial charge in [0.05, 0.1) is 30.0 Å². The summed E-state index contributed by atoms with van der Waals surface area (Å²) in [5.41, 5.74) is -0.915. The number of fused-ring (bicyclic) bond motifs is 6. The van der Waals surface area contributed by atoms with Gasteiger partial charge in [0.25, 0.3) is 12.0 Å². The largest absolute Gasteiger partial charge is 0.507 e. The number of carbonyl (C=O) groups excluding carboxylic acids is 1. The lowest BCUT2D eigenvalue weighted by Crippen LogP contribution is -2.13. The van der Waals surface area contributed by atoms with Crippen molar-refractivity contribution in [2.75, 3.05) is 14.2 Å². The molecule has 0 atom stereocenters. The molecule has 198 valence electrons. The molecule has 0 amide bonds. The minimum atomic E-state index is -0.853. The number of ether oxygens (including phenoxy) is 3. The van der Waals surface area contributed by atoms with Crippen LogP contribution in [0.25, 0.3) is 43.8 Å². The van der Waals surface area contributed by atoms with E-state index in [9.17, 15) is 29.7 Å². The number of nitrogens with one attached hydrogen (secondary N) is 1. The third kappa shape index (κ3) is 3.20. The number of carbonyl (C=O) groups is 1. The average molecular weight is 552 g/mol. The minimum Gasteiger partial charge on any atom is -0.507 e. The number of aromatic hydroxyl groups is 3. The fourth-order valence-electron chi connectivity index (χ4n) is 5.40. The Hall–Kier alpha value is -4.90. The van der Waals surface area contributed by atoms with Gasteiger partial charge in [0.1, 0.15) is 22.6 Å². The van der Waals surface area contributed by atoms with Crippen LogP contribution in [-0.2, 0) is 17.6 Å². The zero-order valence-corrected chi connectivity index (χ0v) is 21.1. The van der Waals surface area contributed by atoms with Crippen molar-refractivity contribution in [1.29, 1.82) is 0 Å². The Balaban J connectivity index is 1.79. The molecule has 0 bridgehead atoms. The summed E-state index contributed by atoms with van der Waals surface area (Å²) in [6, 6.07) is 4.09. The number of H-pyrrole nitrogens is 1. The van der Waals surface area contributed by atoms with Crippen LogP contribution in [0.4, 0.5) is 0 Å². The molecule has 1 aliphatic rings. The van der Waals surface area contributed by atoms with E-state index in [0.717, 1.165) is 0 Å². The smallest absolute Gasteiger partial charge is 0.299 e. The summed E-state index contributed by atoms with van der Waals surface area (Å²) in [4.78, 5) is 39.6. The summed E-state index contributed by atoms with van der Waals surface area (Å²) in [6.07, 6.45) is 0.353. The molecule has 0 fully saturated rings. The molecule has 39 heavy (non-hydrogen) atoms. The number of phenolic OH excluding ortho intramolecular Hbond substituents is 3. The molecule has 0 radical (unpaired) electrons. The maximum atomic E-state index is 13.7. The summed E-state index contributed by atoms with van der Waals surface area (Å²) in [6.45, 7) is 0.108. The topological polar surface area (TPSA) is 169 Å². The minimum absolute atomic E-state index is 0.00972. The van der Waals surface area contributed by atoms with E-state index in [1.54, 1.807) is 0 Å². The van der Waals surface area contributed by atoms with Crippen molar-refractivity contribution in [3.8, 4) is 45.8 Å². The predicted molar refractivity (Wildman–Crippen MR) is 141 cm³/mol. The second kappa shape index (κ2) is 8.57. The van der Waals surface area contributed by atoms with Crippen LogP contribution in [-0.4, -0.2) is 41.0 Å². The molecule has 5 aromatic rings. The maximum Gasteiger partial charge on any atom is 0.299 e. The predicted octanol–water partition coefficient (Wildman–Crippen LogP) is 3.88. The Morgan fingerprint density at radius 3 is 2.26 bits per heavy atom. The van der Waals surface area contributed by atoms with Crippen molar-refractivity contribution in [2.24, 2.45) is 0 Å². The third-order valence-corrected chi connectivity index (χ3v) is 7.30. The molecule has 2 heterocycles. The molecule has 11 nitrogen and oxygen atoms in total. The fourth-order valence-corrected chi connectivity index (χ4v) is 5.63. The van der Waals surface area contributed by atoms with E-state index in [1.165, 1.54) is 32.4 Å². The molecule has 12 heteroatoms. The monoisotopic (exact) mass is 551 g/mol. The zero-order chi connectivity index (χ0) is 27.7. The Morgan fingerprint density at radius 1 is 0.897 bits per heavy atom. The number of hydrogen-bond acceptors (Lipinski definition) is 10. The van der Waals surface area contributed by atoms with Crippen molar-refractivity contribution in [3.63, 3.8) is 0 Å². The molecular weight excluding hydrogens is 534 g/mol. The molecule has 1 aliphatic carbocycles. The number of aromatic nitrogens is 1. The number of hydrogen-bond donors (Lipinski definition) is 4. The highest BCUT2D eigenvalue weighted by molar-refractivity contribution is 6.33. The molecule has 0 aliphatic heterocycles. The lowest BCUT2D eigenvalue weighted by Gasteiger charge is -2.26. The molecule has 0 unspecified atom stereocenters. The fraction of sp³-hybridized carbons (Fsp3) is 0.148. The van der Waals surface area contributed by atoms with Gasteiger partial charge in [0, 0.05) is 33.7 Å². The van der Waals surface area contributed by atoms with Crippen molar-refractivity contribution < 1.29 is 38.7 Å². The van der Waals surface area contributed by atoms with Gasteiger partial charge in [-0.05, 0) is 25.0 Å². The first-order valence-corrected chi connectivity index (χ1v) is 11.9. The van der Waals surface area contributed by atoms with E-state index in [4.69, 9.17) is 30.2 Å². The molecular formula is C27H18ClNO10. The maximum absolute atomic E-state index is 13.7. The average Bonchev–Trinajstić information content (AvgIpc) is 2.91. The van der Waals surface area contributed by atoms with Gasteiger partial charge >= 0.3 is 0 Å². The van der Waals surface area contributed by atoms with Gasteiger partial charge in [-0.3, -0.25) is 19.4 Å². The van der Waals surface area contributed by atoms with Crippen LogP contribution >= 0.6 is 11.6 Å². The highest BCUT2D eigenvalue weighted by Crippen LogP contribution is 2.55. The number of aromatic amines is 1. The molecule has 4 N–H and O–H groups in total. The van der Waals surface area contributed by atoms with Crippen LogP contribution in [0.1, 0.15) is 11.1 Å². The van der Waals surface area contributed by atoms with Crippen molar-refractivity contribution in [3.05, 3.63) is 54.9 Å². The van der Waals surface area contributed by atoms with Crippen LogP contribution in [0.5, 0.6) is 34.6 Å². The second-order valence-electron chi connectivity index (χ2n) is 8.84. The van der Waals surface area contributed by atoms with Crippen molar-refractivity contribution in [2.45, 2.75) is 12.8 Å². The first-order chi connectivity index (χ1) is 18.7. The van der Waals surface area contributed by atoms with Gasteiger partial charge < -0.3 is 33.9 Å². The molecule has 2 aromatic heterocycles. The lowest BCUT2D eigenvalue weighted by molar-refractivity contribution is -0.120. The Morgan fingerprint density at radius 2 is 1.56 bits per heavy atom. The van der Waals surface area contributed by atoms with E-state index in [-0.39, 0.29) is 96.9 Å². The Kier molecular flexibility index (Phi) is 5.37. The van der Waals surface area contributed by atoms with Crippen LogP contribution in [0, 0.1) is 0 Å². The van der Waals surface area contributed by atoms with Gasteiger partial charge in [-0.15, -0.1) is 0 Å². The number of rotatable bonds is 4. The third-order valence-electron chi connectivity index (χ3n) is 7.01. The highest BCUT2D eigenvalue weighted by Gasteiger charge is 2.34. The lowest BCUT2D eigenvalue weighted by atomic mass is 9.81. The van der Waals surface area contributed by atoms with Crippen LogP contribution in [0.15, 0.2) is 32.2 Å². The van der Waals surface area contributed by atoms with Gasteiger partial charge in [0.15, 0.2) is 22.7 Å². The summed E-state index contributed by atoms with van der Waals surface area (Å²) in [5, 5.41) is 33.7. The molecule has 0 saturated carbocycles. The normalized spacial score (nSPS) is 12.4. The van der Waals surface area contributed by atoms with E-state index < -0.39 is 22.5 Å².